The minimum Gasteiger partial charge on any atom is -0.351 e. The van der Waals surface area contributed by atoms with Gasteiger partial charge in [-0.2, -0.15) is 5.10 Å². The SMILES string of the molecule is CN(c1nnc2ccccn12)C1CN(c2ccc(C3CC3)nn2)C1. The van der Waals surface area contributed by atoms with Crippen LogP contribution in [0.3, 0.4) is 0 Å². The lowest BCUT2D eigenvalue weighted by atomic mass is 10.1. The van der Waals surface area contributed by atoms with E-state index in [1.54, 1.807) is 0 Å². The summed E-state index contributed by atoms with van der Waals surface area (Å²) in [6, 6.07) is 10.6. The van der Waals surface area contributed by atoms with Crippen LogP contribution in [-0.2, 0) is 0 Å². The molecule has 0 aromatic carbocycles. The molecule has 24 heavy (non-hydrogen) atoms. The number of aromatic nitrogens is 5. The molecule has 0 unspecified atom stereocenters. The van der Waals surface area contributed by atoms with E-state index < -0.39 is 0 Å². The fraction of sp³-hybridized carbons (Fsp3) is 0.412. The molecule has 2 fully saturated rings. The van der Waals surface area contributed by atoms with Gasteiger partial charge in [0, 0.05) is 32.3 Å². The number of anilines is 2. The fourth-order valence-corrected chi connectivity index (χ4v) is 3.22. The van der Waals surface area contributed by atoms with Crippen LogP contribution in [0.2, 0.25) is 0 Å². The highest BCUT2D eigenvalue weighted by atomic mass is 15.4. The van der Waals surface area contributed by atoms with Gasteiger partial charge in [0.2, 0.25) is 5.95 Å². The third-order valence-electron chi connectivity index (χ3n) is 5.01. The van der Waals surface area contributed by atoms with Crippen LogP contribution in [0.5, 0.6) is 0 Å². The predicted octanol–water partition coefficient (Wildman–Crippen LogP) is 1.72. The Kier molecular flexibility index (Phi) is 2.95. The molecule has 7 nitrogen and oxygen atoms in total. The lowest BCUT2D eigenvalue weighted by Crippen LogP contribution is -2.59. The summed E-state index contributed by atoms with van der Waals surface area (Å²) in [6.07, 6.45) is 4.52. The second-order valence-corrected chi connectivity index (χ2v) is 6.69. The van der Waals surface area contributed by atoms with E-state index >= 15 is 0 Å². The third kappa shape index (κ3) is 2.19. The van der Waals surface area contributed by atoms with Crippen molar-refractivity contribution in [3.63, 3.8) is 0 Å². The Balaban J connectivity index is 1.28. The summed E-state index contributed by atoms with van der Waals surface area (Å²) in [4.78, 5) is 4.45. The van der Waals surface area contributed by atoms with Gasteiger partial charge in [0.15, 0.2) is 11.5 Å². The van der Waals surface area contributed by atoms with Gasteiger partial charge >= 0.3 is 0 Å². The molecule has 1 aliphatic heterocycles. The zero-order valence-electron chi connectivity index (χ0n) is 13.6. The van der Waals surface area contributed by atoms with Crippen LogP contribution in [0.15, 0.2) is 36.5 Å². The van der Waals surface area contributed by atoms with Gasteiger partial charge in [-0.3, -0.25) is 4.40 Å². The predicted molar refractivity (Wildman–Crippen MR) is 91.4 cm³/mol. The van der Waals surface area contributed by atoms with E-state index in [1.165, 1.54) is 12.8 Å². The van der Waals surface area contributed by atoms with Crippen LogP contribution in [0, 0.1) is 0 Å². The molecule has 0 radical (unpaired) electrons. The molecule has 0 bridgehead atoms. The van der Waals surface area contributed by atoms with E-state index in [-0.39, 0.29) is 0 Å². The molecule has 2 aliphatic rings. The van der Waals surface area contributed by atoms with Gasteiger partial charge in [-0.1, -0.05) is 6.07 Å². The summed E-state index contributed by atoms with van der Waals surface area (Å²) in [5, 5.41) is 17.3. The van der Waals surface area contributed by atoms with Crippen molar-refractivity contribution in [1.82, 2.24) is 24.8 Å². The van der Waals surface area contributed by atoms with Crippen molar-refractivity contribution in [2.24, 2.45) is 0 Å². The summed E-state index contributed by atoms with van der Waals surface area (Å²) in [7, 11) is 2.08. The van der Waals surface area contributed by atoms with Gasteiger partial charge < -0.3 is 9.80 Å². The Morgan fingerprint density at radius 3 is 2.62 bits per heavy atom. The van der Waals surface area contributed by atoms with Crippen molar-refractivity contribution < 1.29 is 0 Å². The average molecular weight is 321 g/mol. The summed E-state index contributed by atoms with van der Waals surface area (Å²) in [5.74, 6) is 2.50. The van der Waals surface area contributed by atoms with E-state index in [0.717, 1.165) is 36.2 Å². The third-order valence-corrected chi connectivity index (χ3v) is 5.01. The Labute approximate surface area is 139 Å². The molecule has 0 amide bonds. The lowest BCUT2D eigenvalue weighted by molar-refractivity contribution is 0.483. The first-order valence-corrected chi connectivity index (χ1v) is 8.41. The Bertz CT molecular complexity index is 862. The maximum Gasteiger partial charge on any atom is 0.231 e. The van der Waals surface area contributed by atoms with E-state index in [1.807, 2.05) is 28.8 Å². The molecular formula is C17H19N7. The average Bonchev–Trinajstić information content (AvgIpc) is 3.33. The zero-order valence-corrected chi connectivity index (χ0v) is 13.6. The van der Waals surface area contributed by atoms with Crippen molar-refractivity contribution >= 4 is 17.4 Å². The quantitative estimate of drug-likeness (QED) is 0.729. The van der Waals surface area contributed by atoms with Crippen LogP contribution < -0.4 is 9.80 Å². The Hall–Kier alpha value is -2.70. The van der Waals surface area contributed by atoms with Gasteiger partial charge in [-0.15, -0.1) is 15.3 Å². The van der Waals surface area contributed by atoms with Crippen molar-refractivity contribution in [3.8, 4) is 0 Å². The van der Waals surface area contributed by atoms with Crippen molar-refractivity contribution in [3.05, 3.63) is 42.2 Å². The topological polar surface area (TPSA) is 62.5 Å². The number of rotatable bonds is 4. The van der Waals surface area contributed by atoms with Crippen LogP contribution in [0.1, 0.15) is 24.5 Å². The first-order valence-electron chi connectivity index (χ1n) is 8.41. The van der Waals surface area contributed by atoms with Crippen molar-refractivity contribution in [2.45, 2.75) is 24.8 Å². The molecule has 0 spiro atoms. The van der Waals surface area contributed by atoms with E-state index in [9.17, 15) is 0 Å². The Morgan fingerprint density at radius 2 is 1.88 bits per heavy atom. The van der Waals surface area contributed by atoms with Gasteiger partial charge in [0.25, 0.3) is 0 Å². The highest BCUT2D eigenvalue weighted by molar-refractivity contribution is 5.50. The smallest absolute Gasteiger partial charge is 0.231 e. The van der Waals surface area contributed by atoms with E-state index in [0.29, 0.717) is 12.0 Å². The molecule has 4 heterocycles. The highest BCUT2D eigenvalue weighted by Crippen LogP contribution is 2.38. The van der Waals surface area contributed by atoms with Gasteiger partial charge in [-0.05, 0) is 37.1 Å². The number of likely N-dealkylation sites (N-methyl/N-ethyl adjacent to an activating group) is 1. The molecule has 122 valence electrons. The van der Waals surface area contributed by atoms with Crippen molar-refractivity contribution in [2.75, 3.05) is 29.9 Å². The molecule has 5 rings (SSSR count). The number of hydrogen-bond acceptors (Lipinski definition) is 6. The summed E-state index contributed by atoms with van der Waals surface area (Å²) < 4.78 is 2.02. The van der Waals surface area contributed by atoms with E-state index in [2.05, 4.69) is 49.4 Å². The summed E-state index contributed by atoms with van der Waals surface area (Å²) in [5.41, 5.74) is 2.01. The molecule has 3 aromatic heterocycles. The standard InChI is InChI=1S/C17H19N7/c1-22(17-21-20-16-4-2-3-9-24(16)17)13-10-23(11-13)15-8-7-14(18-19-15)12-5-6-12/h2-4,7-9,12-13H,5-6,10-11H2,1H3. The number of hydrogen-bond donors (Lipinski definition) is 0. The molecule has 7 heteroatoms. The van der Waals surface area contributed by atoms with Crippen LogP contribution >= 0.6 is 0 Å². The maximum atomic E-state index is 4.39. The van der Waals surface area contributed by atoms with Crippen LogP contribution in [0.25, 0.3) is 5.65 Å². The first-order chi connectivity index (χ1) is 11.8. The number of nitrogens with zero attached hydrogens (tertiary/aromatic N) is 7. The zero-order chi connectivity index (χ0) is 16.1. The number of fused-ring (bicyclic) bond motifs is 1. The molecule has 1 saturated heterocycles. The molecule has 3 aromatic rings. The monoisotopic (exact) mass is 321 g/mol. The fourth-order valence-electron chi connectivity index (χ4n) is 3.22. The molecule has 1 aliphatic carbocycles. The van der Waals surface area contributed by atoms with Crippen LogP contribution in [0.4, 0.5) is 11.8 Å². The molecule has 0 atom stereocenters. The normalized spacial score (nSPS) is 18.0. The highest BCUT2D eigenvalue weighted by Gasteiger charge is 2.33. The lowest BCUT2D eigenvalue weighted by Gasteiger charge is -2.44. The van der Waals surface area contributed by atoms with Gasteiger partial charge in [0.05, 0.1) is 11.7 Å². The van der Waals surface area contributed by atoms with Gasteiger partial charge in [0.1, 0.15) is 0 Å². The summed E-state index contributed by atoms with van der Waals surface area (Å²) >= 11 is 0. The molecule has 0 N–H and O–H groups in total. The van der Waals surface area contributed by atoms with E-state index in [4.69, 9.17) is 0 Å². The van der Waals surface area contributed by atoms with Gasteiger partial charge in [-0.25, -0.2) is 0 Å². The second-order valence-electron chi connectivity index (χ2n) is 6.69. The number of pyridine rings is 1. The minimum atomic E-state index is 0.405. The Morgan fingerprint density at radius 1 is 1.00 bits per heavy atom. The largest absolute Gasteiger partial charge is 0.351 e. The first kappa shape index (κ1) is 13.7. The van der Waals surface area contributed by atoms with Crippen molar-refractivity contribution in [1.29, 1.82) is 0 Å². The molecule has 1 saturated carbocycles. The van der Waals surface area contributed by atoms with Crippen LogP contribution in [-0.4, -0.2) is 51.0 Å². The summed E-state index contributed by atoms with van der Waals surface area (Å²) in [6.45, 7) is 1.85. The second kappa shape index (κ2) is 5.15. The maximum absolute atomic E-state index is 4.39. The molecular weight excluding hydrogens is 302 g/mol. The minimum absolute atomic E-state index is 0.405.